The van der Waals surface area contributed by atoms with Crippen molar-refractivity contribution in [1.82, 2.24) is 24.3 Å². The normalized spacial score (nSPS) is 11.9. The molecule has 9 heteroatoms. The Morgan fingerprint density at radius 3 is 2.26 bits per heavy atom. The number of imidazole rings is 1. The molecule has 0 unspecified atom stereocenters. The number of halogens is 3. The number of nitrogens with one attached hydrogen (secondary N) is 1. The number of alkyl halides is 3. The number of benzene rings is 3. The summed E-state index contributed by atoms with van der Waals surface area (Å²) in [5.74, 6) is 1.21. The number of hydrogen-bond donors (Lipinski definition) is 1. The summed E-state index contributed by atoms with van der Waals surface area (Å²) >= 11 is 5.49. The molecule has 2 aromatic heterocycles. The first-order valence-electron chi connectivity index (χ1n) is 10.6. The Balaban J connectivity index is 1.65. The Hall–Kier alpha value is -3.72. The van der Waals surface area contributed by atoms with Gasteiger partial charge in [-0.15, -0.1) is 0 Å². The molecule has 172 valence electrons. The molecule has 0 spiro atoms. The highest BCUT2D eigenvalue weighted by molar-refractivity contribution is 7.71. The van der Waals surface area contributed by atoms with Gasteiger partial charge in [-0.2, -0.15) is 18.3 Å². The van der Waals surface area contributed by atoms with Crippen molar-refractivity contribution in [3.63, 3.8) is 0 Å². The zero-order valence-electron chi connectivity index (χ0n) is 18.4. The van der Waals surface area contributed by atoms with Crippen LogP contribution < -0.4 is 0 Å². The molecular weight excluding hydrogens is 459 g/mol. The standard InChI is InChI=1S/C25H20F3N5S/c1-15-3-10-19(11-4-15)33-22(30-31-24(33)34)14-32-21-13-16(2)5-12-20(21)29-23(32)17-6-8-18(9-7-17)25(26,27)28/h3-13H,14H2,1-2H3,(H,31,34). The van der Waals surface area contributed by atoms with Crippen LogP contribution in [-0.2, 0) is 12.7 Å². The predicted molar refractivity (Wildman–Crippen MR) is 127 cm³/mol. The second kappa shape index (κ2) is 8.25. The van der Waals surface area contributed by atoms with Gasteiger partial charge in [-0.05, 0) is 68.0 Å². The minimum Gasteiger partial charge on any atom is -0.316 e. The molecule has 0 amide bonds. The van der Waals surface area contributed by atoms with Gasteiger partial charge in [0.15, 0.2) is 10.6 Å². The number of aromatic amines is 1. The Labute approximate surface area is 198 Å². The summed E-state index contributed by atoms with van der Waals surface area (Å²) in [6, 6.07) is 18.9. The van der Waals surface area contributed by atoms with Gasteiger partial charge in [0, 0.05) is 11.3 Å². The molecule has 0 radical (unpaired) electrons. The Morgan fingerprint density at radius 1 is 0.912 bits per heavy atom. The third kappa shape index (κ3) is 4.03. The molecule has 5 rings (SSSR count). The van der Waals surface area contributed by atoms with E-state index in [1.165, 1.54) is 12.1 Å². The minimum absolute atomic E-state index is 0.317. The molecule has 0 aliphatic rings. The topological polar surface area (TPSA) is 51.4 Å². The van der Waals surface area contributed by atoms with Crippen molar-refractivity contribution >= 4 is 23.3 Å². The van der Waals surface area contributed by atoms with Crippen LogP contribution in [0.1, 0.15) is 22.5 Å². The van der Waals surface area contributed by atoms with E-state index >= 15 is 0 Å². The van der Waals surface area contributed by atoms with Crippen LogP contribution in [-0.4, -0.2) is 24.3 Å². The van der Waals surface area contributed by atoms with E-state index < -0.39 is 11.7 Å². The molecule has 34 heavy (non-hydrogen) atoms. The highest BCUT2D eigenvalue weighted by atomic mass is 32.1. The lowest BCUT2D eigenvalue weighted by molar-refractivity contribution is -0.137. The van der Waals surface area contributed by atoms with Crippen molar-refractivity contribution < 1.29 is 13.2 Å². The summed E-state index contributed by atoms with van der Waals surface area (Å²) in [7, 11) is 0. The van der Waals surface area contributed by atoms with Crippen LogP contribution in [0, 0.1) is 18.6 Å². The third-order valence-electron chi connectivity index (χ3n) is 5.71. The van der Waals surface area contributed by atoms with Crippen molar-refractivity contribution in [2.45, 2.75) is 26.6 Å². The maximum absolute atomic E-state index is 13.1. The van der Waals surface area contributed by atoms with Crippen LogP contribution in [0.5, 0.6) is 0 Å². The van der Waals surface area contributed by atoms with Gasteiger partial charge in [-0.1, -0.05) is 35.9 Å². The Bertz CT molecular complexity index is 1540. The number of H-pyrrole nitrogens is 1. The van der Waals surface area contributed by atoms with Crippen LogP contribution in [0.15, 0.2) is 66.7 Å². The van der Waals surface area contributed by atoms with Crippen molar-refractivity contribution in [1.29, 1.82) is 0 Å². The average molecular weight is 480 g/mol. The first kappa shape index (κ1) is 22.1. The molecule has 0 atom stereocenters. The van der Waals surface area contributed by atoms with Crippen LogP contribution in [0.4, 0.5) is 13.2 Å². The maximum atomic E-state index is 13.1. The first-order valence-corrected chi connectivity index (χ1v) is 11.0. The molecule has 0 aliphatic heterocycles. The molecule has 1 N–H and O–H groups in total. The van der Waals surface area contributed by atoms with Crippen molar-refractivity contribution in [3.8, 4) is 17.1 Å². The van der Waals surface area contributed by atoms with Crippen molar-refractivity contribution in [2.75, 3.05) is 0 Å². The summed E-state index contributed by atoms with van der Waals surface area (Å²) in [6.07, 6.45) is -4.40. The van der Waals surface area contributed by atoms with E-state index in [9.17, 15) is 13.2 Å². The minimum atomic E-state index is -4.40. The zero-order valence-corrected chi connectivity index (χ0v) is 19.2. The smallest absolute Gasteiger partial charge is 0.316 e. The second-order valence-corrected chi connectivity index (χ2v) is 8.59. The summed E-state index contributed by atoms with van der Waals surface area (Å²) < 4.78 is 43.5. The van der Waals surface area contributed by atoms with Gasteiger partial charge in [0.2, 0.25) is 0 Å². The lowest BCUT2D eigenvalue weighted by atomic mass is 10.1. The SMILES string of the molecule is Cc1ccc(-n2c(Cn3c(-c4ccc(C(F)(F)F)cc4)nc4ccc(C)cc43)n[nH]c2=S)cc1. The van der Waals surface area contributed by atoms with Gasteiger partial charge in [0.05, 0.1) is 23.1 Å². The van der Waals surface area contributed by atoms with E-state index in [-0.39, 0.29) is 0 Å². The van der Waals surface area contributed by atoms with Crippen LogP contribution >= 0.6 is 12.2 Å². The molecule has 0 fully saturated rings. The molecule has 5 nitrogen and oxygen atoms in total. The number of nitrogens with zero attached hydrogens (tertiary/aromatic N) is 4. The number of fused-ring (bicyclic) bond motifs is 1. The maximum Gasteiger partial charge on any atom is 0.416 e. The van der Waals surface area contributed by atoms with E-state index in [1.54, 1.807) is 0 Å². The lowest BCUT2D eigenvalue weighted by Crippen LogP contribution is -2.09. The third-order valence-corrected chi connectivity index (χ3v) is 5.98. The largest absolute Gasteiger partial charge is 0.416 e. The highest BCUT2D eigenvalue weighted by Gasteiger charge is 2.30. The van der Waals surface area contributed by atoms with E-state index in [1.807, 2.05) is 65.4 Å². The van der Waals surface area contributed by atoms with E-state index in [4.69, 9.17) is 17.2 Å². The highest BCUT2D eigenvalue weighted by Crippen LogP contribution is 2.32. The molecule has 5 aromatic rings. The second-order valence-electron chi connectivity index (χ2n) is 8.20. The first-order chi connectivity index (χ1) is 16.2. The Morgan fingerprint density at radius 2 is 1.59 bits per heavy atom. The van der Waals surface area contributed by atoms with Gasteiger partial charge in [0.1, 0.15) is 5.82 Å². The molecule has 0 aliphatic carbocycles. The summed E-state index contributed by atoms with van der Waals surface area (Å²) in [4.78, 5) is 4.74. The van der Waals surface area contributed by atoms with E-state index in [0.29, 0.717) is 28.5 Å². The van der Waals surface area contributed by atoms with Crippen molar-refractivity contribution in [3.05, 3.63) is 94.0 Å². The molecule has 0 bridgehead atoms. The zero-order chi connectivity index (χ0) is 24.0. The van der Waals surface area contributed by atoms with E-state index in [2.05, 4.69) is 10.2 Å². The number of aromatic nitrogens is 5. The number of aryl methyl sites for hydroxylation is 2. The molecule has 0 saturated carbocycles. The van der Waals surface area contributed by atoms with Crippen LogP contribution in [0.2, 0.25) is 0 Å². The van der Waals surface area contributed by atoms with Crippen LogP contribution in [0.25, 0.3) is 28.1 Å². The monoisotopic (exact) mass is 479 g/mol. The average Bonchev–Trinajstić information content (AvgIpc) is 3.34. The number of hydrogen-bond acceptors (Lipinski definition) is 3. The van der Waals surface area contributed by atoms with Gasteiger partial charge >= 0.3 is 6.18 Å². The van der Waals surface area contributed by atoms with Gasteiger partial charge in [0.25, 0.3) is 0 Å². The van der Waals surface area contributed by atoms with E-state index in [0.717, 1.165) is 40.0 Å². The lowest BCUT2D eigenvalue weighted by Gasteiger charge is -2.12. The fourth-order valence-electron chi connectivity index (χ4n) is 3.96. The Kier molecular flexibility index (Phi) is 5.36. The fraction of sp³-hybridized carbons (Fsp3) is 0.160. The number of rotatable bonds is 4. The van der Waals surface area contributed by atoms with Crippen LogP contribution in [0.3, 0.4) is 0 Å². The quantitative estimate of drug-likeness (QED) is 0.294. The molecule has 2 heterocycles. The van der Waals surface area contributed by atoms with Gasteiger partial charge in [-0.3, -0.25) is 9.67 Å². The molecule has 3 aromatic carbocycles. The summed E-state index contributed by atoms with van der Waals surface area (Å²) in [5.41, 5.74) is 4.53. The van der Waals surface area contributed by atoms with Crippen molar-refractivity contribution in [2.24, 2.45) is 0 Å². The fourth-order valence-corrected chi connectivity index (χ4v) is 4.22. The predicted octanol–water partition coefficient (Wildman–Crippen LogP) is 6.63. The summed E-state index contributed by atoms with van der Waals surface area (Å²) in [5, 5.41) is 7.31. The van der Waals surface area contributed by atoms with Gasteiger partial charge < -0.3 is 4.57 Å². The molecular formula is C25H20F3N5S. The molecule has 0 saturated heterocycles. The summed E-state index contributed by atoms with van der Waals surface area (Å²) in [6.45, 7) is 4.31. The van der Waals surface area contributed by atoms with Gasteiger partial charge in [-0.25, -0.2) is 4.98 Å².